The smallest absolute Gasteiger partial charge is 0.237 e. The second-order valence-corrected chi connectivity index (χ2v) is 3.60. The fourth-order valence-electron chi connectivity index (χ4n) is 2.27. The van der Waals surface area contributed by atoms with Crippen LogP contribution in [0, 0.1) is 17.8 Å². The summed E-state index contributed by atoms with van der Waals surface area (Å²) in [7, 11) is 1.70. The first-order valence-corrected chi connectivity index (χ1v) is 4.20. The van der Waals surface area contributed by atoms with Gasteiger partial charge in [-0.3, -0.25) is 4.79 Å². The molecule has 4 unspecified atom stereocenters. The van der Waals surface area contributed by atoms with Crippen LogP contribution in [0.5, 0.6) is 0 Å². The second kappa shape index (κ2) is 2.21. The number of rotatable bonds is 1. The first-order chi connectivity index (χ1) is 5.25. The van der Waals surface area contributed by atoms with Crippen LogP contribution in [0.2, 0.25) is 0 Å². The Labute approximate surface area is 66.5 Å². The zero-order valence-electron chi connectivity index (χ0n) is 6.92. The van der Waals surface area contributed by atoms with Crippen molar-refractivity contribution in [2.24, 2.45) is 17.8 Å². The molecule has 4 atom stereocenters. The third-order valence-electron chi connectivity index (χ3n) is 3.12. The summed E-state index contributed by atoms with van der Waals surface area (Å²) in [6.07, 6.45) is 0. The molecule has 0 aromatic rings. The number of fused-ring (bicyclic) bond motifs is 1. The molecule has 2 N–H and O–H groups in total. The maximum absolute atomic E-state index is 11.2. The lowest BCUT2D eigenvalue weighted by Crippen LogP contribution is -2.42. The monoisotopic (exact) mass is 154 g/mol. The normalized spacial score (nSPS) is 46.7. The van der Waals surface area contributed by atoms with Gasteiger partial charge in [-0.05, 0) is 24.3 Å². The molecule has 0 aromatic carbocycles. The molecule has 1 saturated carbocycles. The first-order valence-electron chi connectivity index (χ1n) is 4.20. The molecule has 0 spiro atoms. The number of likely N-dealkylation sites (N-methyl/N-ethyl adjacent to an activating group) is 1. The second-order valence-electron chi connectivity index (χ2n) is 3.60. The zero-order chi connectivity index (χ0) is 8.01. The predicted molar refractivity (Wildman–Crippen MR) is 42.0 cm³/mol. The number of piperidine rings is 1. The summed E-state index contributed by atoms with van der Waals surface area (Å²) in [5.74, 6) is 2.31. The predicted octanol–water partition coefficient (Wildman–Crippen LogP) is -0.414. The summed E-state index contributed by atoms with van der Waals surface area (Å²) in [5.41, 5.74) is 0. The Bertz CT molecular complexity index is 193. The van der Waals surface area contributed by atoms with E-state index >= 15 is 0 Å². The van der Waals surface area contributed by atoms with Gasteiger partial charge in [0, 0.05) is 7.05 Å². The molecule has 62 valence electrons. The van der Waals surface area contributed by atoms with Crippen molar-refractivity contribution in [1.29, 1.82) is 0 Å². The van der Waals surface area contributed by atoms with Crippen LogP contribution in [-0.4, -0.2) is 25.5 Å². The van der Waals surface area contributed by atoms with E-state index in [4.69, 9.17) is 0 Å². The molecule has 11 heavy (non-hydrogen) atoms. The lowest BCUT2D eigenvalue weighted by Gasteiger charge is -2.11. The summed E-state index contributed by atoms with van der Waals surface area (Å²) in [6, 6.07) is 0.0972. The molecule has 0 aromatic heterocycles. The minimum absolute atomic E-state index is 0.0972. The van der Waals surface area contributed by atoms with Crippen molar-refractivity contribution in [2.75, 3.05) is 13.6 Å². The molecule has 1 aliphatic carbocycles. The Morgan fingerprint density at radius 1 is 1.64 bits per heavy atom. The van der Waals surface area contributed by atoms with Crippen LogP contribution < -0.4 is 10.6 Å². The summed E-state index contributed by atoms with van der Waals surface area (Å²) in [5, 5.41) is 5.91. The Balaban J connectivity index is 2.01. The number of carbonyl (C=O) groups is 1. The van der Waals surface area contributed by atoms with E-state index in [1.165, 1.54) is 0 Å². The maximum atomic E-state index is 11.2. The van der Waals surface area contributed by atoms with Gasteiger partial charge < -0.3 is 10.6 Å². The van der Waals surface area contributed by atoms with Crippen molar-refractivity contribution in [1.82, 2.24) is 10.6 Å². The van der Waals surface area contributed by atoms with Gasteiger partial charge in [0.25, 0.3) is 0 Å². The van der Waals surface area contributed by atoms with Crippen molar-refractivity contribution in [3.63, 3.8) is 0 Å². The summed E-state index contributed by atoms with van der Waals surface area (Å²) >= 11 is 0. The quantitative estimate of drug-likeness (QED) is 0.539. The average Bonchev–Trinajstić information content (AvgIpc) is 2.53. The Hall–Kier alpha value is -0.570. The van der Waals surface area contributed by atoms with E-state index in [0.717, 1.165) is 18.4 Å². The van der Waals surface area contributed by atoms with Crippen LogP contribution in [0.25, 0.3) is 0 Å². The third kappa shape index (κ3) is 0.872. The van der Waals surface area contributed by atoms with Crippen molar-refractivity contribution < 1.29 is 4.79 Å². The van der Waals surface area contributed by atoms with Crippen LogP contribution >= 0.6 is 0 Å². The van der Waals surface area contributed by atoms with Crippen molar-refractivity contribution in [2.45, 2.75) is 13.0 Å². The highest BCUT2D eigenvalue weighted by molar-refractivity contribution is 5.82. The molecule has 2 aliphatic rings. The standard InChI is InChI=1S/C8H14N2O/c1-4-5-3-10-7(6(4)5)8(11)9-2/h4-7,10H,3H2,1-2H3,(H,9,11). The van der Waals surface area contributed by atoms with Crippen molar-refractivity contribution in [3.05, 3.63) is 0 Å². The highest BCUT2D eigenvalue weighted by atomic mass is 16.2. The van der Waals surface area contributed by atoms with Gasteiger partial charge in [-0.2, -0.15) is 0 Å². The van der Waals surface area contributed by atoms with Crippen LogP contribution in [0.3, 0.4) is 0 Å². The number of nitrogens with one attached hydrogen (secondary N) is 2. The largest absolute Gasteiger partial charge is 0.358 e. The minimum Gasteiger partial charge on any atom is -0.358 e. The SMILES string of the molecule is CNC(=O)C1NCC2C(C)C12. The lowest BCUT2D eigenvalue weighted by molar-refractivity contribution is -0.122. The molecule has 1 amide bonds. The Morgan fingerprint density at radius 3 is 2.82 bits per heavy atom. The van der Waals surface area contributed by atoms with Crippen LogP contribution in [0.4, 0.5) is 0 Å². The molecule has 0 radical (unpaired) electrons. The van der Waals surface area contributed by atoms with E-state index in [1.54, 1.807) is 7.05 Å². The summed E-state index contributed by atoms with van der Waals surface area (Å²) in [4.78, 5) is 11.2. The van der Waals surface area contributed by atoms with E-state index in [-0.39, 0.29) is 11.9 Å². The van der Waals surface area contributed by atoms with E-state index < -0.39 is 0 Å². The van der Waals surface area contributed by atoms with E-state index in [1.807, 2.05) is 0 Å². The van der Waals surface area contributed by atoms with E-state index in [9.17, 15) is 4.79 Å². The van der Waals surface area contributed by atoms with Gasteiger partial charge >= 0.3 is 0 Å². The van der Waals surface area contributed by atoms with Crippen molar-refractivity contribution in [3.8, 4) is 0 Å². The molecule has 0 bridgehead atoms. The molecule has 1 heterocycles. The lowest BCUT2D eigenvalue weighted by atomic mass is 10.1. The van der Waals surface area contributed by atoms with Gasteiger partial charge in [-0.15, -0.1) is 0 Å². The molecule has 2 rings (SSSR count). The van der Waals surface area contributed by atoms with Gasteiger partial charge in [0.15, 0.2) is 0 Å². The number of hydrogen-bond acceptors (Lipinski definition) is 2. The Morgan fingerprint density at radius 2 is 2.36 bits per heavy atom. The third-order valence-corrected chi connectivity index (χ3v) is 3.12. The first kappa shape index (κ1) is 7.10. The number of hydrogen-bond donors (Lipinski definition) is 2. The van der Waals surface area contributed by atoms with Crippen LogP contribution in [0.1, 0.15) is 6.92 Å². The molecular formula is C8H14N2O. The van der Waals surface area contributed by atoms with Crippen molar-refractivity contribution >= 4 is 5.91 Å². The maximum Gasteiger partial charge on any atom is 0.237 e. The highest BCUT2D eigenvalue weighted by Crippen LogP contribution is 2.51. The number of amides is 1. The fourth-order valence-corrected chi connectivity index (χ4v) is 2.27. The number of carbonyl (C=O) groups excluding carboxylic acids is 1. The zero-order valence-corrected chi connectivity index (χ0v) is 6.92. The van der Waals surface area contributed by atoms with E-state index in [2.05, 4.69) is 17.6 Å². The molecular weight excluding hydrogens is 140 g/mol. The highest BCUT2D eigenvalue weighted by Gasteiger charge is 2.57. The fraction of sp³-hybridized carbons (Fsp3) is 0.875. The summed E-state index contributed by atoms with van der Waals surface area (Å²) < 4.78 is 0. The van der Waals surface area contributed by atoms with Crippen LogP contribution in [0.15, 0.2) is 0 Å². The molecule has 1 aliphatic heterocycles. The Kier molecular flexibility index (Phi) is 1.42. The van der Waals surface area contributed by atoms with Gasteiger partial charge in [0.05, 0.1) is 6.04 Å². The molecule has 1 saturated heterocycles. The van der Waals surface area contributed by atoms with Crippen LogP contribution in [-0.2, 0) is 4.79 Å². The molecule has 3 heteroatoms. The van der Waals surface area contributed by atoms with Gasteiger partial charge in [0.1, 0.15) is 0 Å². The van der Waals surface area contributed by atoms with Gasteiger partial charge in [-0.1, -0.05) is 6.92 Å². The van der Waals surface area contributed by atoms with E-state index in [0.29, 0.717) is 5.92 Å². The topological polar surface area (TPSA) is 41.1 Å². The minimum atomic E-state index is 0.0972. The molecule has 3 nitrogen and oxygen atoms in total. The molecule has 2 fully saturated rings. The average molecular weight is 154 g/mol. The van der Waals surface area contributed by atoms with Gasteiger partial charge in [0.2, 0.25) is 5.91 Å². The summed E-state index contributed by atoms with van der Waals surface area (Å²) in [6.45, 7) is 3.26. The van der Waals surface area contributed by atoms with Gasteiger partial charge in [-0.25, -0.2) is 0 Å².